The van der Waals surface area contributed by atoms with Gasteiger partial charge in [0.15, 0.2) is 0 Å². The third-order valence-electron chi connectivity index (χ3n) is 4.42. The molecule has 0 spiro atoms. The molecule has 2 unspecified atom stereocenters. The molecule has 0 radical (unpaired) electrons. The van der Waals surface area contributed by atoms with Crippen molar-refractivity contribution in [2.45, 2.75) is 25.3 Å². The van der Waals surface area contributed by atoms with Gasteiger partial charge < -0.3 is 4.74 Å². The van der Waals surface area contributed by atoms with E-state index in [4.69, 9.17) is 10.6 Å². The second-order valence-electron chi connectivity index (χ2n) is 5.67. The maximum absolute atomic E-state index is 11.3. The molecule has 0 aromatic heterocycles. The molecule has 108 valence electrons. The van der Waals surface area contributed by atoms with Crippen LogP contribution in [-0.4, -0.2) is 36.5 Å². The number of fused-ring (bicyclic) bond motifs is 2. The van der Waals surface area contributed by atoms with Crippen molar-refractivity contribution in [3.63, 3.8) is 0 Å². The van der Waals surface area contributed by atoms with Gasteiger partial charge in [-0.2, -0.15) is 0 Å². The smallest absolute Gasteiger partial charge is 0.265 e. The third-order valence-corrected chi connectivity index (χ3v) is 4.42. The van der Waals surface area contributed by atoms with E-state index in [0.717, 1.165) is 24.3 Å². The summed E-state index contributed by atoms with van der Waals surface area (Å²) in [6, 6.07) is 7.84. The van der Waals surface area contributed by atoms with Gasteiger partial charge in [0.05, 0.1) is 0 Å². The van der Waals surface area contributed by atoms with Gasteiger partial charge >= 0.3 is 0 Å². The average Bonchev–Trinajstić information content (AvgIpc) is 3.10. The van der Waals surface area contributed by atoms with Crippen LogP contribution >= 0.6 is 0 Å². The maximum Gasteiger partial charge on any atom is 0.265 e. The number of carbonyl (C=O) groups is 1. The van der Waals surface area contributed by atoms with Gasteiger partial charge in [-0.3, -0.25) is 15.1 Å². The molecule has 2 bridgehead atoms. The maximum atomic E-state index is 11.3. The van der Waals surface area contributed by atoms with E-state index in [0.29, 0.717) is 12.2 Å². The Bertz CT molecular complexity index is 475. The molecule has 20 heavy (non-hydrogen) atoms. The van der Waals surface area contributed by atoms with Crippen LogP contribution in [-0.2, 0) is 0 Å². The Labute approximate surface area is 119 Å². The van der Waals surface area contributed by atoms with E-state index in [1.54, 1.807) is 24.3 Å². The normalized spacial score (nSPS) is 24.9. The Morgan fingerprint density at radius 3 is 2.75 bits per heavy atom. The molecule has 2 aliphatic rings. The number of nitrogen functional groups attached to an aromatic ring is 1. The molecule has 1 aromatic carbocycles. The van der Waals surface area contributed by atoms with E-state index in [1.807, 2.05) is 0 Å². The van der Waals surface area contributed by atoms with E-state index in [1.165, 1.54) is 25.8 Å². The predicted molar refractivity (Wildman–Crippen MR) is 76.3 cm³/mol. The lowest BCUT2D eigenvalue weighted by Gasteiger charge is -2.26. The molecule has 2 fully saturated rings. The first kappa shape index (κ1) is 13.4. The van der Waals surface area contributed by atoms with Crippen LogP contribution in [0.4, 0.5) is 0 Å². The van der Waals surface area contributed by atoms with Crippen molar-refractivity contribution < 1.29 is 9.53 Å². The molecule has 1 heterocycles. The fraction of sp³-hybridized carbons (Fsp3) is 0.533. The zero-order valence-electron chi connectivity index (χ0n) is 11.5. The van der Waals surface area contributed by atoms with E-state index >= 15 is 0 Å². The van der Waals surface area contributed by atoms with Crippen molar-refractivity contribution in [2.24, 2.45) is 11.8 Å². The second-order valence-corrected chi connectivity index (χ2v) is 5.67. The zero-order chi connectivity index (χ0) is 13.9. The predicted octanol–water partition coefficient (Wildman–Crippen LogP) is 1.15. The molecule has 5 nitrogen and oxygen atoms in total. The number of rotatable bonds is 5. The van der Waals surface area contributed by atoms with Gasteiger partial charge in [-0.05, 0) is 49.4 Å². The van der Waals surface area contributed by atoms with Crippen molar-refractivity contribution in [2.75, 3.05) is 19.7 Å². The summed E-state index contributed by atoms with van der Waals surface area (Å²) in [5.74, 6) is 6.52. The van der Waals surface area contributed by atoms with Crippen LogP contribution in [0, 0.1) is 5.92 Å². The van der Waals surface area contributed by atoms with E-state index in [-0.39, 0.29) is 5.91 Å². The van der Waals surface area contributed by atoms with Gasteiger partial charge in [-0.25, -0.2) is 5.84 Å². The van der Waals surface area contributed by atoms with Crippen LogP contribution in [0.3, 0.4) is 0 Å². The van der Waals surface area contributed by atoms with Crippen molar-refractivity contribution in [1.29, 1.82) is 0 Å². The van der Waals surface area contributed by atoms with Crippen molar-refractivity contribution in [3.05, 3.63) is 29.8 Å². The molecule has 5 heteroatoms. The lowest BCUT2D eigenvalue weighted by atomic mass is 10.1. The molecule has 1 saturated carbocycles. The lowest BCUT2D eigenvalue weighted by molar-refractivity contribution is 0.0953. The minimum atomic E-state index is -0.287. The fourth-order valence-corrected chi connectivity index (χ4v) is 3.37. The Balaban J connectivity index is 1.45. The Morgan fingerprint density at radius 1 is 1.35 bits per heavy atom. The van der Waals surface area contributed by atoms with Gasteiger partial charge in [-0.15, -0.1) is 0 Å². The quantitative estimate of drug-likeness (QED) is 0.480. The summed E-state index contributed by atoms with van der Waals surface area (Å²) in [4.78, 5) is 13.8. The first-order chi connectivity index (χ1) is 9.76. The largest absolute Gasteiger partial charge is 0.492 e. The van der Waals surface area contributed by atoms with E-state index in [9.17, 15) is 4.79 Å². The Kier molecular flexibility index (Phi) is 3.89. The van der Waals surface area contributed by atoms with Gasteiger partial charge in [0.1, 0.15) is 12.4 Å². The van der Waals surface area contributed by atoms with Crippen LogP contribution in [0.5, 0.6) is 5.75 Å². The summed E-state index contributed by atoms with van der Waals surface area (Å²) in [5, 5.41) is 0. The molecule has 3 N–H and O–H groups in total. The van der Waals surface area contributed by atoms with Gasteiger partial charge in [0.2, 0.25) is 0 Å². The molecule has 1 aliphatic heterocycles. The number of piperidine rings is 1. The number of hydrogen-bond acceptors (Lipinski definition) is 4. The Morgan fingerprint density at radius 2 is 2.15 bits per heavy atom. The van der Waals surface area contributed by atoms with E-state index in [2.05, 4.69) is 10.3 Å². The average molecular weight is 275 g/mol. The molecule has 2 atom stereocenters. The number of amides is 1. The second kappa shape index (κ2) is 5.81. The van der Waals surface area contributed by atoms with Gasteiger partial charge in [-0.1, -0.05) is 0 Å². The molecule has 3 rings (SSSR count). The lowest BCUT2D eigenvalue weighted by Crippen LogP contribution is -2.35. The molecule has 1 saturated heterocycles. The first-order valence-corrected chi connectivity index (χ1v) is 7.24. The summed E-state index contributed by atoms with van der Waals surface area (Å²) in [6.07, 6.45) is 4.14. The van der Waals surface area contributed by atoms with Crippen LogP contribution < -0.4 is 16.0 Å². The van der Waals surface area contributed by atoms with Crippen LogP contribution in [0.25, 0.3) is 0 Å². The standard InChI is InChI=1S/C15H21N3O2/c16-17-15(19)12-2-5-14(6-3-12)20-8-7-18-10-11-1-4-13(18)9-11/h2-3,5-6,11,13H,1,4,7-10,16H2,(H,17,19). The molecule has 1 aliphatic carbocycles. The first-order valence-electron chi connectivity index (χ1n) is 7.24. The number of carbonyl (C=O) groups excluding carboxylic acids is 1. The summed E-state index contributed by atoms with van der Waals surface area (Å²) in [5.41, 5.74) is 2.65. The zero-order valence-corrected chi connectivity index (χ0v) is 11.5. The highest BCUT2D eigenvalue weighted by Crippen LogP contribution is 2.36. The van der Waals surface area contributed by atoms with Crippen LogP contribution in [0.1, 0.15) is 29.6 Å². The van der Waals surface area contributed by atoms with E-state index < -0.39 is 0 Å². The van der Waals surface area contributed by atoms with Crippen molar-refractivity contribution in [3.8, 4) is 5.75 Å². The minimum Gasteiger partial charge on any atom is -0.492 e. The van der Waals surface area contributed by atoms with Crippen LogP contribution in [0.2, 0.25) is 0 Å². The van der Waals surface area contributed by atoms with Crippen molar-refractivity contribution >= 4 is 5.91 Å². The summed E-state index contributed by atoms with van der Waals surface area (Å²) >= 11 is 0. The number of hydrazine groups is 1. The summed E-state index contributed by atoms with van der Waals surface area (Å²) in [7, 11) is 0. The number of benzene rings is 1. The van der Waals surface area contributed by atoms with Gasteiger partial charge in [0, 0.05) is 24.7 Å². The number of nitrogens with one attached hydrogen (secondary N) is 1. The SMILES string of the molecule is NNC(=O)c1ccc(OCCN2CC3CCC2C3)cc1. The number of nitrogens with zero attached hydrogens (tertiary/aromatic N) is 1. The molecular weight excluding hydrogens is 254 g/mol. The molecular formula is C15H21N3O2. The summed E-state index contributed by atoms with van der Waals surface area (Å²) < 4.78 is 5.74. The number of nitrogens with two attached hydrogens (primary N) is 1. The highest BCUT2D eigenvalue weighted by Gasteiger charge is 2.37. The summed E-state index contributed by atoms with van der Waals surface area (Å²) in [6.45, 7) is 2.93. The van der Waals surface area contributed by atoms with Gasteiger partial charge in [0.25, 0.3) is 5.91 Å². The van der Waals surface area contributed by atoms with Crippen molar-refractivity contribution in [1.82, 2.24) is 10.3 Å². The topological polar surface area (TPSA) is 67.6 Å². The van der Waals surface area contributed by atoms with Crippen LogP contribution in [0.15, 0.2) is 24.3 Å². The molecule has 1 aromatic rings. The minimum absolute atomic E-state index is 0.287. The number of hydrogen-bond donors (Lipinski definition) is 2. The monoisotopic (exact) mass is 275 g/mol. The number of likely N-dealkylation sites (tertiary alicyclic amines) is 1. The highest BCUT2D eigenvalue weighted by molar-refractivity contribution is 5.93. The number of ether oxygens (including phenoxy) is 1. The highest BCUT2D eigenvalue weighted by atomic mass is 16.5. The third kappa shape index (κ3) is 2.78. The molecule has 1 amide bonds. The fourth-order valence-electron chi connectivity index (χ4n) is 3.37. The Hall–Kier alpha value is -1.59.